The van der Waals surface area contributed by atoms with Crippen molar-refractivity contribution in [3.05, 3.63) is 0 Å². The molecule has 0 aromatic heterocycles. The van der Waals surface area contributed by atoms with Crippen molar-refractivity contribution in [1.82, 2.24) is 0 Å². The zero-order valence-corrected chi connectivity index (χ0v) is 9.46. The Morgan fingerprint density at radius 3 is 2.31 bits per heavy atom. The van der Waals surface area contributed by atoms with Gasteiger partial charge in [0.2, 0.25) is 0 Å². The number of rotatable bonds is 2. The zero-order valence-electron chi connectivity index (χ0n) is 9.46. The standard InChI is InChI=1S/C11H22O2/c1-8(2)9-6-10(12-7-9)13-11(3,4)5/h8-10H,6-7H2,1-5H3/t9-,10+/m0/s1. The first-order valence-corrected chi connectivity index (χ1v) is 5.18. The van der Waals surface area contributed by atoms with Gasteiger partial charge in [0.25, 0.3) is 0 Å². The third kappa shape index (κ3) is 3.65. The summed E-state index contributed by atoms with van der Waals surface area (Å²) in [6, 6.07) is 0. The van der Waals surface area contributed by atoms with Gasteiger partial charge < -0.3 is 9.47 Å². The summed E-state index contributed by atoms with van der Waals surface area (Å²) in [7, 11) is 0. The van der Waals surface area contributed by atoms with Gasteiger partial charge >= 0.3 is 0 Å². The van der Waals surface area contributed by atoms with Crippen LogP contribution >= 0.6 is 0 Å². The average Bonchev–Trinajstić information content (AvgIpc) is 2.31. The Morgan fingerprint density at radius 1 is 1.31 bits per heavy atom. The molecule has 1 heterocycles. The Balaban J connectivity index is 2.33. The van der Waals surface area contributed by atoms with E-state index in [0.29, 0.717) is 11.8 Å². The van der Waals surface area contributed by atoms with Crippen LogP contribution in [0.3, 0.4) is 0 Å². The summed E-state index contributed by atoms with van der Waals surface area (Å²) in [6.07, 6.45) is 1.07. The zero-order chi connectivity index (χ0) is 10.1. The Morgan fingerprint density at radius 2 is 1.92 bits per heavy atom. The molecular formula is C11H22O2. The highest BCUT2D eigenvalue weighted by atomic mass is 16.7. The maximum atomic E-state index is 5.76. The van der Waals surface area contributed by atoms with Crippen LogP contribution in [-0.4, -0.2) is 18.5 Å². The van der Waals surface area contributed by atoms with Crippen molar-refractivity contribution >= 4 is 0 Å². The molecule has 2 nitrogen and oxygen atoms in total. The summed E-state index contributed by atoms with van der Waals surface area (Å²) in [5.74, 6) is 1.38. The predicted molar refractivity (Wildman–Crippen MR) is 53.5 cm³/mol. The fraction of sp³-hybridized carbons (Fsp3) is 1.00. The van der Waals surface area contributed by atoms with Crippen molar-refractivity contribution in [1.29, 1.82) is 0 Å². The molecule has 0 aliphatic carbocycles. The lowest BCUT2D eigenvalue weighted by atomic mass is 9.95. The van der Waals surface area contributed by atoms with Gasteiger partial charge in [0, 0.05) is 6.42 Å². The molecule has 1 aliphatic heterocycles. The Bertz CT molecular complexity index is 158. The van der Waals surface area contributed by atoms with Gasteiger partial charge in [-0.2, -0.15) is 0 Å². The van der Waals surface area contributed by atoms with Crippen molar-refractivity contribution in [3.63, 3.8) is 0 Å². The summed E-state index contributed by atoms with van der Waals surface area (Å²) in [5.41, 5.74) is -0.0868. The fourth-order valence-electron chi connectivity index (χ4n) is 1.56. The van der Waals surface area contributed by atoms with Crippen LogP contribution in [-0.2, 0) is 9.47 Å². The third-order valence-corrected chi connectivity index (χ3v) is 2.42. The van der Waals surface area contributed by atoms with E-state index in [9.17, 15) is 0 Å². The molecule has 0 amide bonds. The molecule has 0 N–H and O–H groups in total. The van der Waals surface area contributed by atoms with Crippen molar-refractivity contribution in [2.45, 2.75) is 52.9 Å². The van der Waals surface area contributed by atoms with Crippen molar-refractivity contribution in [2.75, 3.05) is 6.61 Å². The van der Waals surface area contributed by atoms with Crippen molar-refractivity contribution in [3.8, 4) is 0 Å². The number of hydrogen-bond donors (Lipinski definition) is 0. The van der Waals surface area contributed by atoms with Gasteiger partial charge in [-0.25, -0.2) is 0 Å². The Hall–Kier alpha value is -0.0800. The molecule has 0 unspecified atom stereocenters. The lowest BCUT2D eigenvalue weighted by Crippen LogP contribution is -2.26. The van der Waals surface area contributed by atoms with E-state index in [0.717, 1.165) is 13.0 Å². The molecule has 13 heavy (non-hydrogen) atoms. The average molecular weight is 186 g/mol. The second-order valence-electron chi connectivity index (χ2n) is 5.23. The second kappa shape index (κ2) is 3.97. The van der Waals surface area contributed by atoms with E-state index in [1.54, 1.807) is 0 Å². The van der Waals surface area contributed by atoms with Gasteiger partial charge in [-0.15, -0.1) is 0 Å². The SMILES string of the molecule is CC(C)[C@@H]1CO[C@H](OC(C)(C)C)C1. The molecule has 0 saturated carbocycles. The van der Waals surface area contributed by atoms with E-state index >= 15 is 0 Å². The number of ether oxygens (including phenoxy) is 2. The third-order valence-electron chi connectivity index (χ3n) is 2.42. The van der Waals surface area contributed by atoms with E-state index in [4.69, 9.17) is 9.47 Å². The summed E-state index contributed by atoms with van der Waals surface area (Å²) < 4.78 is 11.3. The van der Waals surface area contributed by atoms with Gasteiger partial charge in [0.15, 0.2) is 6.29 Å². The molecular weight excluding hydrogens is 164 g/mol. The second-order valence-corrected chi connectivity index (χ2v) is 5.23. The Labute approximate surface area is 81.6 Å². The highest BCUT2D eigenvalue weighted by Crippen LogP contribution is 2.29. The van der Waals surface area contributed by atoms with Crippen LogP contribution in [0.4, 0.5) is 0 Å². The van der Waals surface area contributed by atoms with E-state index in [-0.39, 0.29) is 11.9 Å². The van der Waals surface area contributed by atoms with Crippen molar-refractivity contribution in [2.24, 2.45) is 11.8 Å². The minimum atomic E-state index is -0.0868. The van der Waals surface area contributed by atoms with Gasteiger partial charge in [0.1, 0.15) is 0 Å². The van der Waals surface area contributed by atoms with Crippen LogP contribution in [0.1, 0.15) is 41.0 Å². The van der Waals surface area contributed by atoms with Crippen LogP contribution in [0.15, 0.2) is 0 Å². The lowest BCUT2D eigenvalue weighted by Gasteiger charge is -2.24. The van der Waals surface area contributed by atoms with Crippen LogP contribution in [0.2, 0.25) is 0 Å². The van der Waals surface area contributed by atoms with Gasteiger partial charge in [0.05, 0.1) is 12.2 Å². The molecule has 1 fully saturated rings. The molecule has 2 atom stereocenters. The summed E-state index contributed by atoms with van der Waals surface area (Å²) >= 11 is 0. The van der Waals surface area contributed by atoms with Gasteiger partial charge in [-0.1, -0.05) is 13.8 Å². The quantitative estimate of drug-likeness (QED) is 0.660. The minimum Gasteiger partial charge on any atom is -0.352 e. The molecule has 0 spiro atoms. The molecule has 1 saturated heterocycles. The van der Waals surface area contributed by atoms with Gasteiger partial charge in [-0.05, 0) is 32.6 Å². The minimum absolute atomic E-state index is 0.0207. The first-order chi connectivity index (χ1) is 5.88. The molecule has 0 aromatic rings. The van der Waals surface area contributed by atoms with Crippen LogP contribution in [0.25, 0.3) is 0 Å². The molecule has 0 aromatic carbocycles. The monoisotopic (exact) mass is 186 g/mol. The van der Waals surface area contributed by atoms with E-state index in [1.807, 2.05) is 0 Å². The topological polar surface area (TPSA) is 18.5 Å². The smallest absolute Gasteiger partial charge is 0.158 e. The highest BCUT2D eigenvalue weighted by Gasteiger charge is 2.30. The van der Waals surface area contributed by atoms with Crippen LogP contribution in [0.5, 0.6) is 0 Å². The molecule has 1 aliphatic rings. The first-order valence-electron chi connectivity index (χ1n) is 5.18. The summed E-state index contributed by atoms with van der Waals surface area (Å²) in [6.45, 7) is 11.6. The number of hydrogen-bond acceptors (Lipinski definition) is 2. The fourth-order valence-corrected chi connectivity index (χ4v) is 1.56. The molecule has 2 heteroatoms. The molecule has 78 valence electrons. The Kier molecular flexibility index (Phi) is 3.36. The summed E-state index contributed by atoms with van der Waals surface area (Å²) in [5, 5.41) is 0. The maximum absolute atomic E-state index is 5.76. The van der Waals surface area contributed by atoms with E-state index in [2.05, 4.69) is 34.6 Å². The van der Waals surface area contributed by atoms with Gasteiger partial charge in [-0.3, -0.25) is 0 Å². The molecule has 0 radical (unpaired) electrons. The molecule has 1 rings (SSSR count). The highest BCUT2D eigenvalue weighted by molar-refractivity contribution is 4.73. The van der Waals surface area contributed by atoms with Crippen molar-refractivity contribution < 1.29 is 9.47 Å². The van der Waals surface area contributed by atoms with Crippen LogP contribution < -0.4 is 0 Å². The first kappa shape index (κ1) is 11.0. The normalized spacial score (nSPS) is 30.0. The largest absolute Gasteiger partial charge is 0.352 e. The summed E-state index contributed by atoms with van der Waals surface area (Å²) in [4.78, 5) is 0. The maximum Gasteiger partial charge on any atom is 0.158 e. The van der Waals surface area contributed by atoms with Crippen LogP contribution in [0, 0.1) is 11.8 Å². The predicted octanol–water partition coefficient (Wildman–Crippen LogP) is 2.82. The van der Waals surface area contributed by atoms with E-state index in [1.165, 1.54) is 0 Å². The molecule has 0 bridgehead atoms. The van der Waals surface area contributed by atoms with E-state index < -0.39 is 0 Å². The lowest BCUT2D eigenvalue weighted by molar-refractivity contribution is -0.171.